The second-order valence-electron chi connectivity index (χ2n) is 6.70. The molecule has 0 saturated heterocycles. The molecule has 7 heteroatoms. The first-order valence-corrected chi connectivity index (χ1v) is 9.12. The number of hydrogen-bond donors (Lipinski definition) is 1. The largest absolute Gasteiger partial charge is 0.451 e. The van der Waals surface area contributed by atoms with E-state index in [0.29, 0.717) is 17.9 Å². The summed E-state index contributed by atoms with van der Waals surface area (Å²) in [5.74, 6) is 0.419. The Morgan fingerprint density at radius 2 is 2.00 bits per heavy atom. The van der Waals surface area contributed by atoms with E-state index in [2.05, 4.69) is 10.4 Å². The monoisotopic (exact) mass is 380 g/mol. The quantitative estimate of drug-likeness (QED) is 0.713. The minimum atomic E-state index is -0.205. The van der Waals surface area contributed by atoms with E-state index in [1.165, 1.54) is 4.90 Å². The van der Waals surface area contributed by atoms with Crippen molar-refractivity contribution in [3.05, 3.63) is 65.2 Å². The Hall–Kier alpha value is -3.35. The minimum absolute atomic E-state index is 0.179. The second kappa shape index (κ2) is 8.12. The van der Waals surface area contributed by atoms with E-state index in [1.54, 1.807) is 50.6 Å². The summed E-state index contributed by atoms with van der Waals surface area (Å²) in [4.78, 5) is 26.0. The van der Waals surface area contributed by atoms with Gasteiger partial charge in [0, 0.05) is 49.6 Å². The van der Waals surface area contributed by atoms with E-state index in [9.17, 15) is 9.59 Å². The van der Waals surface area contributed by atoms with Crippen LogP contribution >= 0.6 is 0 Å². The Morgan fingerprint density at radius 1 is 1.21 bits per heavy atom. The van der Waals surface area contributed by atoms with Crippen molar-refractivity contribution in [2.75, 3.05) is 14.1 Å². The number of amides is 2. The van der Waals surface area contributed by atoms with Crippen molar-refractivity contribution in [1.29, 1.82) is 0 Å². The Labute approximate surface area is 163 Å². The summed E-state index contributed by atoms with van der Waals surface area (Å²) in [5, 5.41) is 7.22. The molecule has 0 aliphatic heterocycles. The van der Waals surface area contributed by atoms with Crippen LogP contribution in [0.15, 0.2) is 47.0 Å². The topological polar surface area (TPSA) is 80.4 Å². The molecule has 28 heavy (non-hydrogen) atoms. The first-order valence-electron chi connectivity index (χ1n) is 9.12. The lowest BCUT2D eigenvalue weighted by Gasteiger charge is -2.08. The van der Waals surface area contributed by atoms with Crippen LogP contribution in [-0.4, -0.2) is 40.6 Å². The van der Waals surface area contributed by atoms with Crippen molar-refractivity contribution in [1.82, 2.24) is 20.0 Å². The molecule has 0 unspecified atom stereocenters. The minimum Gasteiger partial charge on any atom is -0.451 e. The van der Waals surface area contributed by atoms with Gasteiger partial charge < -0.3 is 14.6 Å². The van der Waals surface area contributed by atoms with Crippen LogP contribution < -0.4 is 5.32 Å². The number of nitrogens with one attached hydrogen (secondary N) is 1. The molecule has 0 aliphatic rings. The lowest BCUT2D eigenvalue weighted by Crippen LogP contribution is -2.23. The van der Waals surface area contributed by atoms with E-state index in [1.807, 2.05) is 24.6 Å². The van der Waals surface area contributed by atoms with Crippen LogP contribution in [0.5, 0.6) is 0 Å². The molecule has 0 radical (unpaired) electrons. The summed E-state index contributed by atoms with van der Waals surface area (Å²) in [6.07, 6.45) is 1.78. The van der Waals surface area contributed by atoms with E-state index < -0.39 is 0 Å². The van der Waals surface area contributed by atoms with Crippen molar-refractivity contribution >= 4 is 11.8 Å². The number of benzene rings is 1. The molecule has 2 heterocycles. The fourth-order valence-corrected chi connectivity index (χ4v) is 2.90. The molecule has 7 nitrogen and oxygen atoms in total. The summed E-state index contributed by atoms with van der Waals surface area (Å²) < 4.78 is 7.55. The number of hydrogen-bond acceptors (Lipinski definition) is 4. The maximum Gasteiger partial charge on any atom is 0.289 e. The molecule has 0 saturated carbocycles. The average Bonchev–Trinajstić information content (AvgIpc) is 3.32. The van der Waals surface area contributed by atoms with Crippen LogP contribution in [0.2, 0.25) is 0 Å². The lowest BCUT2D eigenvalue weighted by atomic mass is 10.1. The molecular weight excluding hydrogens is 356 g/mol. The molecule has 2 aromatic heterocycles. The van der Waals surface area contributed by atoms with Crippen molar-refractivity contribution in [3.63, 3.8) is 0 Å². The standard InChI is InChI=1S/C21H24N4O3/c1-5-25-14(2)17(13-23-25)12-22-20(26)16-8-6-7-15(11-16)18-9-10-19(28-18)21(27)24(3)4/h6-11,13H,5,12H2,1-4H3,(H,22,26). The summed E-state index contributed by atoms with van der Waals surface area (Å²) >= 11 is 0. The van der Waals surface area contributed by atoms with Crippen molar-refractivity contribution in [2.45, 2.75) is 26.9 Å². The second-order valence-corrected chi connectivity index (χ2v) is 6.70. The third-order valence-electron chi connectivity index (χ3n) is 4.58. The van der Waals surface area contributed by atoms with E-state index in [0.717, 1.165) is 23.4 Å². The molecule has 0 bridgehead atoms. The first-order chi connectivity index (χ1) is 13.4. The van der Waals surface area contributed by atoms with Crippen molar-refractivity contribution in [2.24, 2.45) is 0 Å². The Balaban J connectivity index is 1.73. The molecule has 3 aromatic rings. The van der Waals surface area contributed by atoms with Gasteiger partial charge in [-0.2, -0.15) is 5.10 Å². The predicted molar refractivity (Wildman–Crippen MR) is 106 cm³/mol. The molecule has 1 aromatic carbocycles. The summed E-state index contributed by atoms with van der Waals surface area (Å²) in [6, 6.07) is 10.5. The molecule has 2 amide bonds. The van der Waals surface area contributed by atoms with Gasteiger partial charge in [0.2, 0.25) is 0 Å². The fourth-order valence-electron chi connectivity index (χ4n) is 2.90. The van der Waals surface area contributed by atoms with E-state index in [4.69, 9.17) is 4.42 Å². The molecule has 3 rings (SSSR count). The maximum absolute atomic E-state index is 12.6. The summed E-state index contributed by atoms with van der Waals surface area (Å²) in [6.45, 7) is 5.22. The Morgan fingerprint density at radius 3 is 2.68 bits per heavy atom. The number of carbonyl (C=O) groups is 2. The van der Waals surface area contributed by atoms with E-state index >= 15 is 0 Å². The van der Waals surface area contributed by atoms with Crippen molar-refractivity contribution < 1.29 is 14.0 Å². The van der Waals surface area contributed by atoms with Gasteiger partial charge in [0.15, 0.2) is 5.76 Å². The fraction of sp³-hybridized carbons (Fsp3) is 0.286. The third kappa shape index (κ3) is 3.98. The average molecular weight is 380 g/mol. The van der Waals surface area contributed by atoms with Gasteiger partial charge in [0.05, 0.1) is 6.20 Å². The summed E-state index contributed by atoms with van der Waals surface area (Å²) in [7, 11) is 3.34. The zero-order chi connectivity index (χ0) is 20.3. The highest BCUT2D eigenvalue weighted by molar-refractivity contribution is 5.95. The Kier molecular flexibility index (Phi) is 5.63. The van der Waals surface area contributed by atoms with Gasteiger partial charge in [0.25, 0.3) is 11.8 Å². The highest BCUT2D eigenvalue weighted by atomic mass is 16.4. The van der Waals surface area contributed by atoms with Gasteiger partial charge in [-0.25, -0.2) is 0 Å². The van der Waals surface area contributed by atoms with Gasteiger partial charge in [0.1, 0.15) is 5.76 Å². The number of aryl methyl sites for hydroxylation is 1. The molecule has 0 atom stereocenters. The van der Waals surface area contributed by atoms with Gasteiger partial charge in [-0.1, -0.05) is 12.1 Å². The zero-order valence-corrected chi connectivity index (χ0v) is 16.5. The van der Waals surface area contributed by atoms with Crippen LogP contribution in [0.3, 0.4) is 0 Å². The maximum atomic E-state index is 12.6. The molecule has 0 spiro atoms. The molecule has 146 valence electrons. The third-order valence-corrected chi connectivity index (χ3v) is 4.58. The normalized spacial score (nSPS) is 10.7. The highest BCUT2D eigenvalue weighted by Crippen LogP contribution is 2.23. The number of carbonyl (C=O) groups excluding carboxylic acids is 2. The molecular formula is C21H24N4O3. The number of rotatable bonds is 6. The van der Waals surface area contributed by atoms with Gasteiger partial charge in [-0.15, -0.1) is 0 Å². The van der Waals surface area contributed by atoms with Gasteiger partial charge >= 0.3 is 0 Å². The highest BCUT2D eigenvalue weighted by Gasteiger charge is 2.15. The van der Waals surface area contributed by atoms with Gasteiger partial charge in [-0.3, -0.25) is 14.3 Å². The number of aromatic nitrogens is 2. The van der Waals surface area contributed by atoms with Crippen LogP contribution in [0.4, 0.5) is 0 Å². The lowest BCUT2D eigenvalue weighted by molar-refractivity contribution is 0.0797. The van der Waals surface area contributed by atoms with Crippen LogP contribution in [0, 0.1) is 6.92 Å². The van der Waals surface area contributed by atoms with Crippen LogP contribution in [-0.2, 0) is 13.1 Å². The first kappa shape index (κ1) is 19.4. The van der Waals surface area contributed by atoms with Gasteiger partial charge in [-0.05, 0) is 38.1 Å². The SMILES string of the molecule is CCn1ncc(CNC(=O)c2cccc(-c3ccc(C(=O)N(C)C)o3)c2)c1C. The van der Waals surface area contributed by atoms with Crippen LogP contribution in [0.25, 0.3) is 11.3 Å². The van der Waals surface area contributed by atoms with E-state index in [-0.39, 0.29) is 17.6 Å². The smallest absolute Gasteiger partial charge is 0.289 e. The van der Waals surface area contributed by atoms with Crippen LogP contribution in [0.1, 0.15) is 39.1 Å². The summed E-state index contributed by atoms with van der Waals surface area (Å²) in [5.41, 5.74) is 3.30. The predicted octanol–water partition coefficient (Wildman–Crippen LogP) is 3.10. The molecule has 0 fully saturated rings. The Bertz CT molecular complexity index is 1000. The number of nitrogens with zero attached hydrogens (tertiary/aromatic N) is 3. The van der Waals surface area contributed by atoms with Crippen molar-refractivity contribution in [3.8, 4) is 11.3 Å². The molecule has 0 aliphatic carbocycles. The number of furan rings is 1. The zero-order valence-electron chi connectivity index (χ0n) is 16.5. The molecule has 1 N–H and O–H groups in total.